The Morgan fingerprint density at radius 2 is 2.00 bits per heavy atom. The highest BCUT2D eigenvalue weighted by molar-refractivity contribution is 9.10. The largest absolute Gasteiger partial charge is 0.152 e. The first-order valence-corrected chi connectivity index (χ1v) is 6.46. The molecule has 2 aromatic rings. The molecule has 0 saturated carbocycles. The van der Waals surface area contributed by atoms with Gasteiger partial charge in [0.05, 0.1) is 0 Å². The molecule has 3 heteroatoms. The minimum absolute atomic E-state index is 1.17. The van der Waals surface area contributed by atoms with E-state index in [2.05, 4.69) is 55.7 Å². The average Bonchev–Trinajstić information content (AvgIpc) is 2.72. The molecule has 0 nitrogen and oxygen atoms in total. The zero-order valence-electron chi connectivity index (χ0n) is 6.74. The fraction of sp³-hybridized carbons (Fsp3) is 0. The lowest BCUT2D eigenvalue weighted by atomic mass is 10.2. The van der Waals surface area contributed by atoms with Crippen LogP contribution in [0.3, 0.4) is 0 Å². The van der Waals surface area contributed by atoms with Crippen LogP contribution in [-0.2, 0) is 0 Å². The summed E-state index contributed by atoms with van der Waals surface area (Å²) < 4.78 is 1.17. The Labute approximate surface area is 93.7 Å². The molecule has 0 bridgehead atoms. The number of hydrogen-bond acceptors (Lipinski definition) is 2. The molecule has 13 heavy (non-hydrogen) atoms. The number of halogens is 1. The van der Waals surface area contributed by atoms with Crippen molar-refractivity contribution < 1.29 is 0 Å². The zero-order chi connectivity index (χ0) is 9.10. The summed E-state index contributed by atoms with van der Waals surface area (Å²) in [5.74, 6) is 0. The van der Waals surface area contributed by atoms with E-state index in [9.17, 15) is 0 Å². The number of rotatable bonds is 2. The Balaban J connectivity index is 2.19. The van der Waals surface area contributed by atoms with Gasteiger partial charge < -0.3 is 0 Å². The molecule has 0 atom stereocenters. The van der Waals surface area contributed by atoms with Crippen LogP contribution in [0.1, 0.15) is 11.1 Å². The lowest BCUT2D eigenvalue weighted by Crippen LogP contribution is -1.64. The predicted octanol–water partition coefficient (Wildman–Crippen LogP) is 4.74. The van der Waals surface area contributed by atoms with Crippen LogP contribution in [0.5, 0.6) is 0 Å². The van der Waals surface area contributed by atoms with Crippen molar-refractivity contribution in [3.63, 3.8) is 0 Å². The molecule has 0 unspecified atom stereocenters. The molecule has 2 aromatic heterocycles. The first-order chi connectivity index (χ1) is 6.36. The van der Waals surface area contributed by atoms with Crippen LogP contribution in [0, 0.1) is 0 Å². The van der Waals surface area contributed by atoms with Crippen LogP contribution < -0.4 is 0 Å². The maximum absolute atomic E-state index is 3.49. The first kappa shape index (κ1) is 9.19. The van der Waals surface area contributed by atoms with E-state index < -0.39 is 0 Å². The third kappa shape index (κ3) is 2.30. The van der Waals surface area contributed by atoms with Crippen LogP contribution in [-0.4, -0.2) is 0 Å². The third-order valence-electron chi connectivity index (χ3n) is 1.64. The van der Waals surface area contributed by atoms with Gasteiger partial charge >= 0.3 is 0 Å². The molecule has 0 aromatic carbocycles. The minimum atomic E-state index is 1.17. The van der Waals surface area contributed by atoms with Gasteiger partial charge in [-0.1, -0.05) is 12.2 Å². The monoisotopic (exact) mass is 270 g/mol. The van der Waals surface area contributed by atoms with Crippen LogP contribution in [0.15, 0.2) is 32.1 Å². The van der Waals surface area contributed by atoms with Crippen molar-refractivity contribution in [2.45, 2.75) is 0 Å². The Morgan fingerprint density at radius 1 is 1.08 bits per heavy atom. The van der Waals surface area contributed by atoms with Gasteiger partial charge in [-0.2, -0.15) is 22.7 Å². The topological polar surface area (TPSA) is 0 Å². The van der Waals surface area contributed by atoms with Crippen molar-refractivity contribution >= 4 is 50.8 Å². The molecule has 0 saturated heterocycles. The van der Waals surface area contributed by atoms with E-state index in [4.69, 9.17) is 0 Å². The summed E-state index contributed by atoms with van der Waals surface area (Å²) >= 11 is 6.92. The summed E-state index contributed by atoms with van der Waals surface area (Å²) in [6.07, 6.45) is 4.26. The van der Waals surface area contributed by atoms with Crippen molar-refractivity contribution in [2.75, 3.05) is 0 Å². The van der Waals surface area contributed by atoms with Gasteiger partial charge in [0.15, 0.2) is 0 Å². The second kappa shape index (κ2) is 4.22. The van der Waals surface area contributed by atoms with Crippen molar-refractivity contribution in [2.24, 2.45) is 0 Å². The van der Waals surface area contributed by atoms with Gasteiger partial charge in [0.2, 0.25) is 0 Å². The molecule has 0 spiro atoms. The van der Waals surface area contributed by atoms with Gasteiger partial charge in [-0.15, -0.1) is 0 Å². The van der Waals surface area contributed by atoms with E-state index >= 15 is 0 Å². The Hall–Kier alpha value is -0.380. The minimum Gasteiger partial charge on any atom is -0.152 e. The summed E-state index contributed by atoms with van der Waals surface area (Å²) in [5.41, 5.74) is 2.51. The summed E-state index contributed by atoms with van der Waals surface area (Å²) in [5, 5.41) is 8.44. The number of thiophene rings is 2. The van der Waals surface area contributed by atoms with Crippen molar-refractivity contribution in [3.8, 4) is 0 Å². The molecule has 2 heterocycles. The summed E-state index contributed by atoms with van der Waals surface area (Å²) in [6.45, 7) is 0. The summed E-state index contributed by atoms with van der Waals surface area (Å²) in [4.78, 5) is 0. The van der Waals surface area contributed by atoms with Gasteiger partial charge in [0.1, 0.15) is 0 Å². The lowest BCUT2D eigenvalue weighted by Gasteiger charge is -1.86. The molecule has 0 radical (unpaired) electrons. The van der Waals surface area contributed by atoms with E-state index in [1.165, 1.54) is 15.6 Å². The summed E-state index contributed by atoms with van der Waals surface area (Å²) in [7, 11) is 0. The highest BCUT2D eigenvalue weighted by Crippen LogP contribution is 2.23. The molecule has 0 fully saturated rings. The summed E-state index contributed by atoms with van der Waals surface area (Å²) in [6, 6.07) is 2.11. The van der Waals surface area contributed by atoms with Gasteiger partial charge in [-0.3, -0.25) is 0 Å². The van der Waals surface area contributed by atoms with E-state index in [0.29, 0.717) is 0 Å². The van der Waals surface area contributed by atoms with E-state index in [1.807, 2.05) is 0 Å². The van der Waals surface area contributed by atoms with Crippen LogP contribution in [0.4, 0.5) is 0 Å². The molecule has 0 aliphatic carbocycles. The SMILES string of the molecule is Brc1cscc1C=Cc1ccsc1. The quantitative estimate of drug-likeness (QED) is 0.739. The van der Waals surface area contributed by atoms with Gasteiger partial charge in [-0.05, 0) is 49.3 Å². The molecular formula is C10H7BrS2. The fourth-order valence-corrected chi connectivity index (χ4v) is 2.99. The zero-order valence-corrected chi connectivity index (χ0v) is 9.95. The lowest BCUT2D eigenvalue weighted by molar-refractivity contribution is 1.79. The Kier molecular flexibility index (Phi) is 2.98. The van der Waals surface area contributed by atoms with Crippen molar-refractivity contribution in [1.29, 1.82) is 0 Å². The van der Waals surface area contributed by atoms with Crippen LogP contribution in [0.25, 0.3) is 12.2 Å². The van der Waals surface area contributed by atoms with E-state index in [0.717, 1.165) is 0 Å². The fourth-order valence-electron chi connectivity index (χ4n) is 0.966. The Bertz CT molecular complexity index is 398. The van der Waals surface area contributed by atoms with Crippen molar-refractivity contribution in [3.05, 3.63) is 43.2 Å². The first-order valence-electron chi connectivity index (χ1n) is 3.78. The molecule has 0 aliphatic rings. The average molecular weight is 271 g/mol. The van der Waals surface area contributed by atoms with E-state index in [1.54, 1.807) is 22.7 Å². The second-order valence-corrected chi connectivity index (χ2v) is 4.94. The van der Waals surface area contributed by atoms with Gasteiger partial charge in [0, 0.05) is 9.85 Å². The molecule has 0 aliphatic heterocycles. The normalized spacial score (nSPS) is 11.2. The molecule has 66 valence electrons. The molecule has 2 rings (SSSR count). The standard InChI is InChI=1S/C10H7BrS2/c11-10-7-13-6-9(10)2-1-8-3-4-12-5-8/h1-7H. The third-order valence-corrected chi connectivity index (χ3v) is 4.09. The van der Waals surface area contributed by atoms with Gasteiger partial charge in [-0.25, -0.2) is 0 Å². The second-order valence-electron chi connectivity index (χ2n) is 2.57. The van der Waals surface area contributed by atoms with Crippen LogP contribution in [0.2, 0.25) is 0 Å². The Morgan fingerprint density at radius 3 is 2.62 bits per heavy atom. The smallest absolute Gasteiger partial charge is 0.0354 e. The maximum Gasteiger partial charge on any atom is 0.0354 e. The van der Waals surface area contributed by atoms with Crippen LogP contribution >= 0.6 is 38.6 Å². The van der Waals surface area contributed by atoms with E-state index in [-0.39, 0.29) is 0 Å². The van der Waals surface area contributed by atoms with Gasteiger partial charge in [0.25, 0.3) is 0 Å². The highest BCUT2D eigenvalue weighted by atomic mass is 79.9. The maximum atomic E-state index is 3.49. The molecular weight excluding hydrogens is 264 g/mol. The molecule has 0 N–H and O–H groups in total. The predicted molar refractivity (Wildman–Crippen MR) is 65.3 cm³/mol. The number of hydrogen-bond donors (Lipinski definition) is 0. The molecule has 0 amide bonds. The van der Waals surface area contributed by atoms with Crippen molar-refractivity contribution in [1.82, 2.24) is 0 Å². The highest BCUT2D eigenvalue weighted by Gasteiger charge is 1.95.